The van der Waals surface area contributed by atoms with Crippen LogP contribution in [0.15, 0.2) is 12.3 Å². The van der Waals surface area contributed by atoms with Gasteiger partial charge in [-0.05, 0) is 6.07 Å². The van der Waals surface area contributed by atoms with Gasteiger partial charge in [-0.25, -0.2) is 4.98 Å². The van der Waals surface area contributed by atoms with Crippen molar-refractivity contribution < 1.29 is 4.74 Å². The number of ether oxygens (including phenoxy) is 1. The van der Waals surface area contributed by atoms with Crippen molar-refractivity contribution in [2.75, 3.05) is 7.11 Å². The summed E-state index contributed by atoms with van der Waals surface area (Å²) in [6, 6.07) is 1.96. The number of methoxy groups -OCH3 is 1. The molecule has 0 N–H and O–H groups in total. The molecule has 0 aliphatic carbocycles. The minimum atomic E-state index is -1.40. The Hall–Kier alpha value is -0.543. The maximum absolute atomic E-state index is 5.88. The maximum Gasteiger partial charge on any atom is 0.212 e. The summed E-state index contributed by atoms with van der Waals surface area (Å²) in [5, 5.41) is 1.85. The van der Waals surface area contributed by atoms with Crippen LogP contribution >= 0.6 is 11.6 Å². The SMILES string of the molecule is COc1ncc(Cl)cc1[Si](C)(C)C. The van der Waals surface area contributed by atoms with Gasteiger partial charge in [0.15, 0.2) is 0 Å². The molecule has 13 heavy (non-hydrogen) atoms. The molecule has 0 bridgehead atoms. The molecule has 0 atom stereocenters. The molecule has 0 radical (unpaired) electrons. The highest BCUT2D eigenvalue weighted by Gasteiger charge is 2.22. The number of rotatable bonds is 2. The van der Waals surface area contributed by atoms with Crippen LogP contribution in [0.5, 0.6) is 5.88 Å². The van der Waals surface area contributed by atoms with Crippen LogP contribution < -0.4 is 9.92 Å². The number of hydrogen-bond donors (Lipinski definition) is 0. The smallest absolute Gasteiger partial charge is 0.212 e. The Labute approximate surface area is 84.9 Å². The Balaban J connectivity index is 3.24. The van der Waals surface area contributed by atoms with E-state index in [0.29, 0.717) is 10.9 Å². The third kappa shape index (κ3) is 2.45. The summed E-state index contributed by atoms with van der Waals surface area (Å²) in [4.78, 5) is 4.14. The molecular formula is C9H14ClNOSi. The first-order valence-corrected chi connectivity index (χ1v) is 8.03. The van der Waals surface area contributed by atoms with Gasteiger partial charge in [0.05, 0.1) is 20.2 Å². The molecule has 0 aliphatic heterocycles. The lowest BCUT2D eigenvalue weighted by Gasteiger charge is -2.18. The largest absolute Gasteiger partial charge is 0.481 e. The fourth-order valence-corrected chi connectivity index (χ4v) is 2.77. The summed E-state index contributed by atoms with van der Waals surface area (Å²) in [5.74, 6) is 0.712. The van der Waals surface area contributed by atoms with Gasteiger partial charge in [0.1, 0.15) is 0 Å². The lowest BCUT2D eigenvalue weighted by atomic mass is 10.5. The van der Waals surface area contributed by atoms with Crippen LogP contribution in [0.25, 0.3) is 0 Å². The van der Waals surface area contributed by atoms with Crippen molar-refractivity contribution in [2.24, 2.45) is 0 Å². The van der Waals surface area contributed by atoms with Crippen molar-refractivity contribution in [1.29, 1.82) is 0 Å². The van der Waals surface area contributed by atoms with Crippen LogP contribution in [-0.4, -0.2) is 20.2 Å². The number of hydrogen-bond acceptors (Lipinski definition) is 2. The number of halogens is 1. The fourth-order valence-electron chi connectivity index (χ4n) is 1.13. The van der Waals surface area contributed by atoms with Gasteiger partial charge in [-0.3, -0.25) is 0 Å². The monoisotopic (exact) mass is 215 g/mol. The second-order valence-corrected chi connectivity index (χ2v) is 9.44. The molecule has 72 valence electrons. The molecule has 0 aromatic carbocycles. The molecule has 0 aliphatic rings. The Bertz CT molecular complexity index is 309. The van der Waals surface area contributed by atoms with Gasteiger partial charge >= 0.3 is 0 Å². The summed E-state index contributed by atoms with van der Waals surface area (Å²) in [6.45, 7) is 6.72. The summed E-state index contributed by atoms with van der Waals surface area (Å²) in [7, 11) is 0.237. The van der Waals surface area contributed by atoms with Gasteiger partial charge in [0.2, 0.25) is 5.88 Å². The van der Waals surface area contributed by atoms with Crippen LogP contribution in [0.1, 0.15) is 0 Å². The number of aromatic nitrogens is 1. The lowest BCUT2D eigenvalue weighted by Crippen LogP contribution is -2.39. The van der Waals surface area contributed by atoms with E-state index in [2.05, 4.69) is 24.6 Å². The zero-order valence-corrected chi connectivity index (χ0v) is 10.1. The fraction of sp³-hybridized carbons (Fsp3) is 0.444. The second kappa shape index (κ2) is 3.68. The van der Waals surface area contributed by atoms with Crippen molar-refractivity contribution in [3.05, 3.63) is 17.3 Å². The molecule has 1 heterocycles. The molecule has 1 aromatic heterocycles. The molecule has 4 heteroatoms. The average molecular weight is 216 g/mol. The summed E-state index contributed by atoms with van der Waals surface area (Å²) in [5.41, 5.74) is 0. The van der Waals surface area contributed by atoms with E-state index in [-0.39, 0.29) is 0 Å². The summed E-state index contributed by atoms with van der Waals surface area (Å²) < 4.78 is 5.19. The number of nitrogens with zero attached hydrogens (tertiary/aromatic N) is 1. The van der Waals surface area contributed by atoms with Crippen LogP contribution in [0.3, 0.4) is 0 Å². The minimum Gasteiger partial charge on any atom is -0.481 e. The minimum absolute atomic E-state index is 0.679. The van der Waals surface area contributed by atoms with Crippen LogP contribution in [-0.2, 0) is 0 Å². The van der Waals surface area contributed by atoms with Crippen molar-refractivity contribution in [2.45, 2.75) is 19.6 Å². The Morgan fingerprint density at radius 1 is 1.38 bits per heavy atom. The Morgan fingerprint density at radius 3 is 2.46 bits per heavy atom. The van der Waals surface area contributed by atoms with E-state index in [4.69, 9.17) is 16.3 Å². The molecule has 0 saturated carbocycles. The lowest BCUT2D eigenvalue weighted by molar-refractivity contribution is 0.401. The molecule has 1 aromatic rings. The highest BCUT2D eigenvalue weighted by atomic mass is 35.5. The van der Waals surface area contributed by atoms with E-state index >= 15 is 0 Å². The predicted molar refractivity (Wildman–Crippen MR) is 58.8 cm³/mol. The quantitative estimate of drug-likeness (QED) is 0.707. The van der Waals surface area contributed by atoms with Gasteiger partial charge in [0, 0.05) is 11.4 Å². The standard InChI is InChI=1S/C9H14ClNOSi/c1-12-9-8(13(2,3)4)5-7(10)6-11-9/h5-6H,1-4H3. The normalized spacial score (nSPS) is 11.5. The van der Waals surface area contributed by atoms with E-state index < -0.39 is 8.07 Å². The van der Waals surface area contributed by atoms with Crippen LogP contribution in [0.2, 0.25) is 24.7 Å². The van der Waals surface area contributed by atoms with Crippen molar-refractivity contribution in [1.82, 2.24) is 4.98 Å². The number of pyridine rings is 1. The van der Waals surface area contributed by atoms with E-state index in [0.717, 1.165) is 0 Å². The molecule has 0 unspecified atom stereocenters. The van der Waals surface area contributed by atoms with E-state index in [1.807, 2.05) is 6.07 Å². The molecule has 0 saturated heterocycles. The van der Waals surface area contributed by atoms with Gasteiger partial charge in [-0.2, -0.15) is 0 Å². The van der Waals surface area contributed by atoms with Gasteiger partial charge in [-0.15, -0.1) is 0 Å². The predicted octanol–water partition coefficient (Wildman–Crippen LogP) is 2.29. The summed E-state index contributed by atoms with van der Waals surface area (Å²) in [6.07, 6.45) is 1.62. The Morgan fingerprint density at radius 2 is 2.00 bits per heavy atom. The average Bonchev–Trinajstić information content (AvgIpc) is 2.03. The van der Waals surface area contributed by atoms with Gasteiger partial charge in [-0.1, -0.05) is 31.2 Å². The van der Waals surface area contributed by atoms with E-state index in [9.17, 15) is 0 Å². The van der Waals surface area contributed by atoms with Crippen molar-refractivity contribution in [3.63, 3.8) is 0 Å². The van der Waals surface area contributed by atoms with Gasteiger partial charge in [0.25, 0.3) is 0 Å². The van der Waals surface area contributed by atoms with Crippen LogP contribution in [0.4, 0.5) is 0 Å². The maximum atomic E-state index is 5.88. The molecule has 2 nitrogen and oxygen atoms in total. The highest BCUT2D eigenvalue weighted by molar-refractivity contribution is 6.89. The zero-order valence-electron chi connectivity index (χ0n) is 8.39. The topological polar surface area (TPSA) is 22.1 Å². The third-order valence-electron chi connectivity index (χ3n) is 1.82. The van der Waals surface area contributed by atoms with Crippen LogP contribution in [0, 0.1) is 0 Å². The highest BCUT2D eigenvalue weighted by Crippen LogP contribution is 2.15. The molecule has 0 spiro atoms. The second-order valence-electron chi connectivity index (χ2n) is 3.96. The summed E-state index contributed by atoms with van der Waals surface area (Å²) >= 11 is 5.88. The first-order chi connectivity index (χ1) is 5.95. The molecule has 0 fully saturated rings. The van der Waals surface area contributed by atoms with E-state index in [1.54, 1.807) is 13.3 Å². The first kappa shape index (κ1) is 10.5. The first-order valence-electron chi connectivity index (χ1n) is 4.15. The molecule has 1 rings (SSSR count). The zero-order chi connectivity index (χ0) is 10.1. The van der Waals surface area contributed by atoms with E-state index in [1.165, 1.54) is 5.19 Å². The molecular weight excluding hydrogens is 202 g/mol. The van der Waals surface area contributed by atoms with Gasteiger partial charge < -0.3 is 4.74 Å². The van der Waals surface area contributed by atoms with Crippen molar-refractivity contribution in [3.8, 4) is 5.88 Å². The van der Waals surface area contributed by atoms with Crippen molar-refractivity contribution >= 4 is 24.9 Å². The third-order valence-corrected chi connectivity index (χ3v) is 4.00. The Kier molecular flexibility index (Phi) is 2.98. The molecule has 0 amide bonds.